The van der Waals surface area contributed by atoms with Crippen molar-refractivity contribution >= 4 is 35.0 Å². The number of hydrogen-bond donors (Lipinski definition) is 2. The molecule has 0 spiro atoms. The third-order valence-electron chi connectivity index (χ3n) is 4.12. The van der Waals surface area contributed by atoms with Gasteiger partial charge in [-0.3, -0.25) is 0 Å². The van der Waals surface area contributed by atoms with Crippen molar-refractivity contribution in [3.05, 3.63) is 52.4 Å². The molecule has 1 unspecified atom stereocenters. The van der Waals surface area contributed by atoms with E-state index in [1.807, 2.05) is 18.2 Å². The topological polar surface area (TPSA) is 65.4 Å². The third kappa shape index (κ3) is 4.99. The molecular formula is C18H22Cl2N6. The van der Waals surface area contributed by atoms with Crippen LogP contribution in [0.1, 0.15) is 18.9 Å². The lowest BCUT2D eigenvalue weighted by Gasteiger charge is -2.20. The number of anilines is 1. The van der Waals surface area contributed by atoms with Crippen LogP contribution in [0.4, 0.5) is 5.82 Å². The van der Waals surface area contributed by atoms with Gasteiger partial charge in [0.2, 0.25) is 0 Å². The van der Waals surface area contributed by atoms with Crippen LogP contribution in [0, 0.1) is 0 Å². The molecule has 1 aliphatic heterocycles. The first kappa shape index (κ1) is 18.7. The van der Waals surface area contributed by atoms with E-state index in [2.05, 4.69) is 37.4 Å². The van der Waals surface area contributed by atoms with Gasteiger partial charge in [-0.25, -0.2) is 15.0 Å². The molecule has 2 N–H and O–H groups in total. The van der Waals surface area contributed by atoms with Gasteiger partial charge in [0, 0.05) is 38.1 Å². The van der Waals surface area contributed by atoms with Crippen LogP contribution in [0.5, 0.6) is 0 Å². The molecule has 0 aromatic carbocycles. The summed E-state index contributed by atoms with van der Waals surface area (Å²) in [5.41, 5.74) is 1.01. The Hall–Kier alpha value is -2.05. The zero-order valence-electron chi connectivity index (χ0n) is 14.6. The minimum absolute atomic E-state index is 0.286. The molecule has 2 aromatic heterocycles. The standard InChI is InChI=1S/C18H22Cl2N6/c1-2-21-18(24-11-13-5-6-16(20)23-10-13)25-14-7-9-26(12-14)17-15(19)4-3-8-22-17/h3-6,8,10,14H,2,7,9,11-12H2,1H3,(H2,21,24,25). The van der Waals surface area contributed by atoms with E-state index in [0.29, 0.717) is 16.7 Å². The minimum Gasteiger partial charge on any atom is -0.357 e. The highest BCUT2D eigenvalue weighted by molar-refractivity contribution is 6.32. The first-order chi connectivity index (χ1) is 12.7. The normalized spacial score (nSPS) is 17.4. The fourth-order valence-corrected chi connectivity index (χ4v) is 3.22. The van der Waals surface area contributed by atoms with E-state index in [9.17, 15) is 0 Å². The van der Waals surface area contributed by atoms with Crippen LogP contribution < -0.4 is 15.5 Å². The number of rotatable bonds is 5. The summed E-state index contributed by atoms with van der Waals surface area (Å²) in [5, 5.41) is 7.96. The second kappa shape index (κ2) is 9.05. The molecule has 0 aliphatic carbocycles. The Bertz CT molecular complexity index is 750. The van der Waals surface area contributed by atoms with Gasteiger partial charge in [-0.1, -0.05) is 29.3 Å². The Labute approximate surface area is 163 Å². The van der Waals surface area contributed by atoms with Crippen molar-refractivity contribution in [2.45, 2.75) is 25.9 Å². The van der Waals surface area contributed by atoms with Crippen LogP contribution in [-0.4, -0.2) is 41.6 Å². The summed E-state index contributed by atoms with van der Waals surface area (Å²) in [5.74, 6) is 1.63. The maximum Gasteiger partial charge on any atom is 0.191 e. The highest BCUT2D eigenvalue weighted by Crippen LogP contribution is 2.25. The Kier molecular flexibility index (Phi) is 6.52. The van der Waals surface area contributed by atoms with Gasteiger partial charge in [0.25, 0.3) is 0 Å². The quantitative estimate of drug-likeness (QED) is 0.464. The number of nitrogens with zero attached hydrogens (tertiary/aromatic N) is 4. The van der Waals surface area contributed by atoms with Gasteiger partial charge in [-0.05, 0) is 37.1 Å². The molecule has 3 rings (SSSR count). The van der Waals surface area contributed by atoms with E-state index in [1.54, 1.807) is 18.5 Å². The summed E-state index contributed by atoms with van der Waals surface area (Å²) in [6.45, 7) is 5.14. The lowest BCUT2D eigenvalue weighted by atomic mass is 10.2. The monoisotopic (exact) mass is 392 g/mol. The summed E-state index contributed by atoms with van der Waals surface area (Å²) in [6, 6.07) is 7.71. The van der Waals surface area contributed by atoms with Gasteiger partial charge in [-0.15, -0.1) is 0 Å². The highest BCUT2D eigenvalue weighted by Gasteiger charge is 2.25. The zero-order valence-corrected chi connectivity index (χ0v) is 16.1. The molecule has 1 fully saturated rings. The zero-order chi connectivity index (χ0) is 18.4. The van der Waals surface area contributed by atoms with Crippen molar-refractivity contribution in [1.82, 2.24) is 20.6 Å². The van der Waals surface area contributed by atoms with E-state index in [0.717, 1.165) is 43.4 Å². The molecule has 1 aliphatic rings. The number of aromatic nitrogens is 2. The number of hydrogen-bond acceptors (Lipinski definition) is 4. The number of guanidine groups is 1. The number of aliphatic imine (C=N–C) groups is 1. The number of nitrogens with one attached hydrogen (secondary N) is 2. The predicted octanol–water partition coefficient (Wildman–Crippen LogP) is 3.12. The van der Waals surface area contributed by atoms with Gasteiger partial charge < -0.3 is 15.5 Å². The molecule has 1 saturated heterocycles. The third-order valence-corrected chi connectivity index (χ3v) is 4.64. The van der Waals surface area contributed by atoms with Gasteiger partial charge >= 0.3 is 0 Å². The van der Waals surface area contributed by atoms with E-state index >= 15 is 0 Å². The first-order valence-corrected chi connectivity index (χ1v) is 9.42. The van der Waals surface area contributed by atoms with Gasteiger partial charge in [0.1, 0.15) is 11.0 Å². The van der Waals surface area contributed by atoms with Crippen LogP contribution in [-0.2, 0) is 6.54 Å². The number of halogens is 2. The summed E-state index contributed by atoms with van der Waals surface area (Å²) in [6.07, 6.45) is 4.52. The fraction of sp³-hybridized carbons (Fsp3) is 0.389. The smallest absolute Gasteiger partial charge is 0.191 e. The summed E-state index contributed by atoms with van der Waals surface area (Å²) < 4.78 is 0. The van der Waals surface area contributed by atoms with Crippen molar-refractivity contribution in [3.63, 3.8) is 0 Å². The van der Waals surface area contributed by atoms with Crippen molar-refractivity contribution in [2.75, 3.05) is 24.5 Å². The maximum atomic E-state index is 6.26. The van der Waals surface area contributed by atoms with E-state index in [4.69, 9.17) is 23.2 Å². The average molecular weight is 393 g/mol. The molecule has 3 heterocycles. The Morgan fingerprint density at radius 1 is 1.31 bits per heavy atom. The highest BCUT2D eigenvalue weighted by atomic mass is 35.5. The molecule has 0 bridgehead atoms. The van der Waals surface area contributed by atoms with E-state index in [-0.39, 0.29) is 6.04 Å². The lowest BCUT2D eigenvalue weighted by molar-refractivity contribution is 0.648. The molecule has 2 aromatic rings. The van der Waals surface area contributed by atoms with Crippen LogP contribution in [0.15, 0.2) is 41.7 Å². The molecule has 1 atom stereocenters. The summed E-state index contributed by atoms with van der Waals surface area (Å²) in [7, 11) is 0. The van der Waals surface area contributed by atoms with Crippen LogP contribution in [0.25, 0.3) is 0 Å². The molecule has 26 heavy (non-hydrogen) atoms. The second-order valence-corrected chi connectivity index (χ2v) is 6.86. The van der Waals surface area contributed by atoms with Crippen molar-refractivity contribution < 1.29 is 0 Å². The molecule has 0 amide bonds. The summed E-state index contributed by atoms with van der Waals surface area (Å²) >= 11 is 12.1. The Morgan fingerprint density at radius 2 is 2.19 bits per heavy atom. The average Bonchev–Trinajstić information content (AvgIpc) is 3.10. The Balaban J connectivity index is 1.60. The number of pyridine rings is 2. The SMILES string of the molecule is CCNC(=NCc1ccc(Cl)nc1)NC1CCN(c2ncccc2Cl)C1. The Morgan fingerprint density at radius 3 is 2.92 bits per heavy atom. The second-order valence-electron chi connectivity index (χ2n) is 6.07. The van der Waals surface area contributed by atoms with Gasteiger partial charge in [0.05, 0.1) is 11.6 Å². The fourth-order valence-electron chi connectivity index (χ4n) is 2.86. The van der Waals surface area contributed by atoms with Crippen LogP contribution in [0.2, 0.25) is 10.2 Å². The van der Waals surface area contributed by atoms with Crippen molar-refractivity contribution in [2.24, 2.45) is 4.99 Å². The molecule has 0 radical (unpaired) electrons. The van der Waals surface area contributed by atoms with Crippen molar-refractivity contribution in [3.8, 4) is 0 Å². The van der Waals surface area contributed by atoms with E-state index < -0.39 is 0 Å². The van der Waals surface area contributed by atoms with E-state index in [1.165, 1.54) is 0 Å². The van der Waals surface area contributed by atoms with Gasteiger partial charge in [-0.2, -0.15) is 0 Å². The van der Waals surface area contributed by atoms with Gasteiger partial charge in [0.15, 0.2) is 5.96 Å². The summed E-state index contributed by atoms with van der Waals surface area (Å²) in [4.78, 5) is 15.3. The maximum absolute atomic E-state index is 6.26. The van der Waals surface area contributed by atoms with Crippen LogP contribution in [0.3, 0.4) is 0 Å². The van der Waals surface area contributed by atoms with Crippen molar-refractivity contribution in [1.29, 1.82) is 0 Å². The molecule has 6 nitrogen and oxygen atoms in total. The first-order valence-electron chi connectivity index (χ1n) is 8.66. The minimum atomic E-state index is 0.286. The lowest BCUT2D eigenvalue weighted by Crippen LogP contribution is -2.44. The molecular weight excluding hydrogens is 371 g/mol. The molecule has 8 heteroatoms. The van der Waals surface area contributed by atoms with Crippen LogP contribution >= 0.6 is 23.2 Å². The predicted molar refractivity (Wildman–Crippen MR) is 107 cm³/mol. The largest absolute Gasteiger partial charge is 0.357 e. The molecule has 0 saturated carbocycles. The molecule has 138 valence electrons.